The molecule has 8 nitrogen and oxygen atoms in total. The molecule has 0 saturated carbocycles. The molecule has 1 aliphatic rings. The lowest BCUT2D eigenvalue weighted by Gasteiger charge is -2.10. The van der Waals surface area contributed by atoms with Gasteiger partial charge in [0.25, 0.3) is 0 Å². The molecule has 1 saturated heterocycles. The van der Waals surface area contributed by atoms with Crippen LogP contribution in [0.4, 0.5) is 10.8 Å². The van der Waals surface area contributed by atoms with Gasteiger partial charge in [-0.2, -0.15) is 5.10 Å². The Morgan fingerprint density at radius 2 is 2.12 bits per heavy atom. The van der Waals surface area contributed by atoms with E-state index in [1.54, 1.807) is 15.9 Å². The molecule has 0 atom stereocenters. The van der Waals surface area contributed by atoms with E-state index >= 15 is 0 Å². The van der Waals surface area contributed by atoms with Gasteiger partial charge >= 0.3 is 0 Å². The Labute approximate surface area is 153 Å². The van der Waals surface area contributed by atoms with Crippen LogP contribution in [0.15, 0.2) is 42.3 Å². The highest BCUT2D eigenvalue weighted by atomic mass is 32.1. The summed E-state index contributed by atoms with van der Waals surface area (Å²) in [4.78, 5) is 34.0. The average Bonchev–Trinajstić information content (AvgIpc) is 3.37. The maximum Gasteiger partial charge on any atom is 0.230 e. The molecule has 1 aromatic carbocycles. The van der Waals surface area contributed by atoms with Gasteiger partial charge in [-0.25, -0.2) is 14.6 Å². The van der Waals surface area contributed by atoms with Crippen LogP contribution in [0.5, 0.6) is 0 Å². The van der Waals surface area contributed by atoms with Crippen LogP contribution in [0.25, 0.3) is 5.69 Å². The third kappa shape index (κ3) is 3.47. The van der Waals surface area contributed by atoms with Crippen LogP contribution in [-0.4, -0.2) is 38.1 Å². The lowest BCUT2D eigenvalue weighted by molar-refractivity contribution is -0.117. The summed E-state index contributed by atoms with van der Waals surface area (Å²) >= 11 is 1.40. The second kappa shape index (κ2) is 7.04. The van der Waals surface area contributed by atoms with Crippen LogP contribution >= 0.6 is 11.3 Å². The van der Waals surface area contributed by atoms with Gasteiger partial charge in [0, 0.05) is 24.0 Å². The smallest absolute Gasteiger partial charge is 0.230 e. The third-order valence-electron chi connectivity index (χ3n) is 4.02. The summed E-state index contributed by atoms with van der Waals surface area (Å²) in [5.41, 5.74) is 2.23. The summed E-state index contributed by atoms with van der Waals surface area (Å²) in [6.07, 6.45) is 4.67. The van der Waals surface area contributed by atoms with Crippen molar-refractivity contribution in [2.45, 2.75) is 19.3 Å². The van der Waals surface area contributed by atoms with E-state index in [-0.39, 0.29) is 18.2 Å². The number of nitrogens with one attached hydrogen (secondary N) is 1. The van der Waals surface area contributed by atoms with Gasteiger partial charge in [0.05, 0.1) is 17.8 Å². The first-order chi connectivity index (χ1) is 12.7. The summed E-state index contributed by atoms with van der Waals surface area (Å²) in [6.45, 7) is 0.704. The third-order valence-corrected chi connectivity index (χ3v) is 4.93. The molecule has 3 aromatic rings. The second-order valence-corrected chi connectivity index (χ2v) is 6.72. The van der Waals surface area contributed by atoms with E-state index in [9.17, 15) is 9.59 Å². The summed E-state index contributed by atoms with van der Waals surface area (Å²) in [7, 11) is 0. The Balaban J connectivity index is 1.37. The van der Waals surface area contributed by atoms with Crippen LogP contribution in [0.1, 0.15) is 18.5 Å². The van der Waals surface area contributed by atoms with Gasteiger partial charge in [0.1, 0.15) is 12.7 Å². The Kier molecular flexibility index (Phi) is 4.44. The molecule has 0 aliphatic carbocycles. The normalized spacial score (nSPS) is 14.0. The molecule has 1 N–H and O–H groups in total. The van der Waals surface area contributed by atoms with Crippen molar-refractivity contribution < 1.29 is 9.59 Å². The number of anilines is 2. The minimum absolute atomic E-state index is 0.0998. The molecule has 2 aromatic heterocycles. The quantitative estimate of drug-likeness (QED) is 0.744. The summed E-state index contributed by atoms with van der Waals surface area (Å²) in [5, 5.41) is 9.41. The SMILES string of the molecule is O=C(Cc1csc(N2CCCC2=O)n1)Nc1ccc(-n2cncn2)cc1. The minimum atomic E-state index is -0.150. The van der Waals surface area contributed by atoms with Gasteiger partial charge in [-0.1, -0.05) is 0 Å². The highest BCUT2D eigenvalue weighted by Gasteiger charge is 2.24. The van der Waals surface area contributed by atoms with Crippen LogP contribution < -0.4 is 10.2 Å². The van der Waals surface area contributed by atoms with Crippen molar-refractivity contribution in [3.63, 3.8) is 0 Å². The molecule has 1 aliphatic heterocycles. The predicted octanol–water partition coefficient (Wildman–Crippen LogP) is 2.03. The van der Waals surface area contributed by atoms with E-state index in [1.807, 2.05) is 29.6 Å². The van der Waals surface area contributed by atoms with E-state index in [0.29, 0.717) is 29.5 Å². The topological polar surface area (TPSA) is 93.0 Å². The molecule has 0 unspecified atom stereocenters. The van der Waals surface area contributed by atoms with Gasteiger partial charge in [-0.3, -0.25) is 14.5 Å². The number of hydrogen-bond acceptors (Lipinski definition) is 6. The summed E-state index contributed by atoms with van der Waals surface area (Å²) < 4.78 is 1.64. The molecule has 132 valence electrons. The van der Waals surface area contributed by atoms with Gasteiger partial charge in [-0.05, 0) is 30.7 Å². The molecule has 0 radical (unpaired) electrons. The molecule has 0 spiro atoms. The fraction of sp³-hybridized carbons (Fsp3) is 0.235. The Bertz CT molecular complexity index is 919. The number of aromatic nitrogens is 4. The number of rotatable bonds is 5. The van der Waals surface area contributed by atoms with E-state index in [0.717, 1.165) is 12.1 Å². The van der Waals surface area contributed by atoms with E-state index in [2.05, 4.69) is 20.4 Å². The molecular formula is C17H16N6O2S. The lowest BCUT2D eigenvalue weighted by atomic mass is 10.2. The molecule has 0 bridgehead atoms. The van der Waals surface area contributed by atoms with E-state index in [1.165, 1.54) is 17.7 Å². The zero-order valence-electron chi connectivity index (χ0n) is 13.8. The number of carbonyl (C=O) groups excluding carboxylic acids is 2. The van der Waals surface area contributed by atoms with Gasteiger partial charge < -0.3 is 5.32 Å². The minimum Gasteiger partial charge on any atom is -0.326 e. The van der Waals surface area contributed by atoms with Crippen molar-refractivity contribution in [1.82, 2.24) is 19.7 Å². The van der Waals surface area contributed by atoms with Gasteiger partial charge in [-0.15, -0.1) is 11.3 Å². The fourth-order valence-electron chi connectivity index (χ4n) is 2.76. The maximum absolute atomic E-state index is 12.2. The van der Waals surface area contributed by atoms with E-state index < -0.39 is 0 Å². The Morgan fingerprint density at radius 1 is 1.27 bits per heavy atom. The summed E-state index contributed by atoms with van der Waals surface area (Å²) in [6, 6.07) is 7.32. The molecule has 2 amide bonds. The molecule has 1 fully saturated rings. The van der Waals surface area contributed by atoms with Crippen molar-refractivity contribution in [3.05, 3.63) is 48.0 Å². The Hall–Kier alpha value is -3.07. The molecule has 9 heteroatoms. The van der Waals surface area contributed by atoms with Gasteiger partial charge in [0.2, 0.25) is 11.8 Å². The highest BCUT2D eigenvalue weighted by Crippen LogP contribution is 2.25. The largest absolute Gasteiger partial charge is 0.326 e. The molecule has 4 rings (SSSR count). The van der Waals surface area contributed by atoms with Crippen molar-refractivity contribution in [2.24, 2.45) is 0 Å². The fourth-order valence-corrected chi connectivity index (χ4v) is 3.63. The first kappa shape index (κ1) is 16.4. The monoisotopic (exact) mass is 368 g/mol. The first-order valence-corrected chi connectivity index (χ1v) is 9.07. The Morgan fingerprint density at radius 3 is 2.81 bits per heavy atom. The number of carbonyl (C=O) groups is 2. The van der Waals surface area contributed by atoms with Crippen molar-refractivity contribution in [1.29, 1.82) is 0 Å². The van der Waals surface area contributed by atoms with Crippen molar-refractivity contribution in [3.8, 4) is 5.69 Å². The number of hydrogen-bond donors (Lipinski definition) is 1. The lowest BCUT2D eigenvalue weighted by Crippen LogP contribution is -2.23. The van der Waals surface area contributed by atoms with Crippen LogP contribution in [0.3, 0.4) is 0 Å². The number of thiazole rings is 1. The molecule has 3 heterocycles. The second-order valence-electron chi connectivity index (χ2n) is 5.88. The number of amides is 2. The zero-order chi connectivity index (χ0) is 17.9. The van der Waals surface area contributed by atoms with E-state index in [4.69, 9.17) is 0 Å². The number of benzene rings is 1. The summed E-state index contributed by atoms with van der Waals surface area (Å²) in [5.74, 6) is -0.0501. The standard InChI is InChI=1S/C17H16N6O2S/c24-15(8-13-9-26-17(21-13)22-7-1-2-16(22)25)20-12-3-5-14(6-4-12)23-11-18-10-19-23/h3-6,9-11H,1-2,7-8H2,(H,20,24). The van der Waals surface area contributed by atoms with Crippen molar-refractivity contribution in [2.75, 3.05) is 16.8 Å². The highest BCUT2D eigenvalue weighted by molar-refractivity contribution is 7.14. The van der Waals surface area contributed by atoms with Crippen LogP contribution in [0.2, 0.25) is 0 Å². The van der Waals surface area contributed by atoms with Gasteiger partial charge in [0.15, 0.2) is 5.13 Å². The first-order valence-electron chi connectivity index (χ1n) is 8.19. The molecular weight excluding hydrogens is 352 g/mol. The zero-order valence-corrected chi connectivity index (χ0v) is 14.6. The van der Waals surface area contributed by atoms with Crippen LogP contribution in [-0.2, 0) is 16.0 Å². The predicted molar refractivity (Wildman–Crippen MR) is 97.4 cm³/mol. The number of nitrogens with zero attached hydrogens (tertiary/aromatic N) is 5. The maximum atomic E-state index is 12.2. The molecule has 26 heavy (non-hydrogen) atoms. The average molecular weight is 368 g/mol. The van der Waals surface area contributed by atoms with Crippen LogP contribution in [0, 0.1) is 0 Å². The van der Waals surface area contributed by atoms with Crippen molar-refractivity contribution >= 4 is 34.0 Å².